The van der Waals surface area contributed by atoms with Crippen LogP contribution in [0.1, 0.15) is 25.1 Å². The number of aromatic nitrogens is 2. The van der Waals surface area contributed by atoms with Crippen LogP contribution in [0, 0.1) is 5.92 Å². The average Bonchev–Trinajstić information content (AvgIpc) is 2.97. The molecule has 1 aliphatic heterocycles. The van der Waals surface area contributed by atoms with Gasteiger partial charge >= 0.3 is 0 Å². The van der Waals surface area contributed by atoms with Gasteiger partial charge in [0.1, 0.15) is 5.82 Å². The Balaban J connectivity index is 1.85. The molecule has 2 aromatic rings. The lowest BCUT2D eigenvalue weighted by Gasteiger charge is -2.17. The van der Waals surface area contributed by atoms with Gasteiger partial charge in [-0.25, -0.2) is 4.98 Å². The third-order valence-corrected chi connectivity index (χ3v) is 4.36. The highest BCUT2D eigenvalue weighted by molar-refractivity contribution is 9.10. The predicted octanol–water partition coefficient (Wildman–Crippen LogP) is 3.85. The molecule has 2 atom stereocenters. The molecule has 0 unspecified atom stereocenters. The van der Waals surface area contributed by atoms with E-state index in [0.717, 1.165) is 28.3 Å². The second-order valence-electron chi connectivity index (χ2n) is 5.49. The van der Waals surface area contributed by atoms with E-state index in [4.69, 9.17) is 0 Å². The first-order valence-electron chi connectivity index (χ1n) is 6.64. The van der Waals surface area contributed by atoms with E-state index in [0.29, 0.717) is 6.04 Å². The molecule has 1 aromatic carbocycles. The smallest absolute Gasteiger partial charge is 0.137 e. The number of imidazole rings is 1. The van der Waals surface area contributed by atoms with Crippen LogP contribution in [-0.4, -0.2) is 28.5 Å². The van der Waals surface area contributed by atoms with Gasteiger partial charge in [0.2, 0.25) is 0 Å². The molecule has 19 heavy (non-hydrogen) atoms. The van der Waals surface area contributed by atoms with Crippen LogP contribution in [0.4, 0.5) is 0 Å². The summed E-state index contributed by atoms with van der Waals surface area (Å²) in [4.78, 5) is 10.4. The van der Waals surface area contributed by atoms with Crippen molar-refractivity contribution < 1.29 is 0 Å². The monoisotopic (exact) mass is 319 g/mol. The highest BCUT2D eigenvalue weighted by Gasteiger charge is 2.29. The number of hydrogen-bond donors (Lipinski definition) is 1. The summed E-state index contributed by atoms with van der Waals surface area (Å²) in [5, 5.41) is 0. The summed E-state index contributed by atoms with van der Waals surface area (Å²) in [6.07, 6.45) is 3.19. The summed E-state index contributed by atoms with van der Waals surface area (Å²) in [7, 11) is 2.19. The van der Waals surface area contributed by atoms with Gasteiger partial charge in [-0.1, -0.05) is 35.0 Å². The first-order valence-corrected chi connectivity index (χ1v) is 7.44. The molecule has 0 aliphatic carbocycles. The van der Waals surface area contributed by atoms with E-state index in [1.54, 1.807) is 0 Å². The van der Waals surface area contributed by atoms with Crippen LogP contribution in [-0.2, 0) is 0 Å². The minimum Gasteiger partial charge on any atom is -0.341 e. The molecule has 4 heteroatoms. The minimum atomic E-state index is 0.478. The summed E-state index contributed by atoms with van der Waals surface area (Å²) in [5.41, 5.74) is 2.35. The quantitative estimate of drug-likeness (QED) is 0.911. The molecule has 3 rings (SSSR count). The second-order valence-corrected chi connectivity index (χ2v) is 6.41. The fourth-order valence-corrected chi connectivity index (χ4v) is 3.14. The van der Waals surface area contributed by atoms with E-state index in [2.05, 4.69) is 56.9 Å². The summed E-state index contributed by atoms with van der Waals surface area (Å²) >= 11 is 3.45. The molecule has 3 nitrogen and oxygen atoms in total. The Morgan fingerprint density at radius 2 is 2.05 bits per heavy atom. The zero-order valence-electron chi connectivity index (χ0n) is 11.2. The Bertz CT molecular complexity index is 561. The number of hydrogen-bond acceptors (Lipinski definition) is 2. The molecule has 0 amide bonds. The highest BCUT2D eigenvalue weighted by atomic mass is 79.9. The SMILES string of the molecule is C[C@@H]1C[C@@H](c2cnc(-c3ccc(Br)cc3)[nH]2)N(C)C1. The van der Waals surface area contributed by atoms with Crippen LogP contribution in [0.15, 0.2) is 34.9 Å². The third-order valence-electron chi connectivity index (χ3n) is 3.83. The molecule has 0 spiro atoms. The lowest BCUT2D eigenvalue weighted by molar-refractivity contribution is 0.310. The molecular formula is C15H18BrN3. The maximum absolute atomic E-state index is 4.52. The molecule has 1 aliphatic rings. The number of H-pyrrole nitrogens is 1. The zero-order chi connectivity index (χ0) is 13.4. The van der Waals surface area contributed by atoms with Crippen molar-refractivity contribution >= 4 is 15.9 Å². The molecule has 100 valence electrons. The van der Waals surface area contributed by atoms with Gasteiger partial charge < -0.3 is 4.98 Å². The summed E-state index contributed by atoms with van der Waals surface area (Å²) in [6, 6.07) is 8.72. The molecule has 2 heterocycles. The normalized spacial score (nSPS) is 23.9. The Morgan fingerprint density at radius 1 is 1.32 bits per heavy atom. The van der Waals surface area contributed by atoms with Gasteiger partial charge in [-0.15, -0.1) is 0 Å². The summed E-state index contributed by atoms with van der Waals surface area (Å²) in [6.45, 7) is 3.47. The van der Waals surface area contributed by atoms with Crippen LogP contribution in [0.2, 0.25) is 0 Å². The Hall–Kier alpha value is -1.13. The second kappa shape index (κ2) is 5.10. The van der Waals surface area contributed by atoms with Crippen molar-refractivity contribution in [2.75, 3.05) is 13.6 Å². The number of likely N-dealkylation sites (tertiary alicyclic amines) is 1. The van der Waals surface area contributed by atoms with Crippen molar-refractivity contribution in [3.05, 3.63) is 40.6 Å². The number of rotatable bonds is 2. The van der Waals surface area contributed by atoms with Crippen LogP contribution in [0.3, 0.4) is 0 Å². The van der Waals surface area contributed by atoms with Crippen molar-refractivity contribution in [2.24, 2.45) is 5.92 Å². The van der Waals surface area contributed by atoms with Crippen LogP contribution in [0.5, 0.6) is 0 Å². The fourth-order valence-electron chi connectivity index (χ4n) is 2.88. The fraction of sp³-hybridized carbons (Fsp3) is 0.400. The van der Waals surface area contributed by atoms with Crippen molar-refractivity contribution in [1.29, 1.82) is 0 Å². The Labute approximate surface area is 122 Å². The van der Waals surface area contributed by atoms with Gasteiger partial charge in [-0.2, -0.15) is 0 Å². The van der Waals surface area contributed by atoms with Gasteiger partial charge in [0.05, 0.1) is 17.9 Å². The lowest BCUT2D eigenvalue weighted by atomic mass is 10.1. The van der Waals surface area contributed by atoms with Crippen LogP contribution < -0.4 is 0 Å². The molecule has 1 fully saturated rings. The zero-order valence-corrected chi connectivity index (χ0v) is 12.8. The van der Waals surface area contributed by atoms with Gasteiger partial charge in [-0.3, -0.25) is 4.90 Å². The third kappa shape index (κ3) is 2.60. The van der Waals surface area contributed by atoms with E-state index in [9.17, 15) is 0 Å². The Kier molecular flexibility index (Phi) is 3.46. The number of halogens is 1. The van der Waals surface area contributed by atoms with E-state index in [1.165, 1.54) is 12.1 Å². The van der Waals surface area contributed by atoms with E-state index in [-0.39, 0.29) is 0 Å². The van der Waals surface area contributed by atoms with Crippen molar-refractivity contribution in [3.8, 4) is 11.4 Å². The number of nitrogens with one attached hydrogen (secondary N) is 1. The molecule has 0 bridgehead atoms. The lowest BCUT2D eigenvalue weighted by Crippen LogP contribution is -2.18. The molecular weight excluding hydrogens is 302 g/mol. The van der Waals surface area contributed by atoms with Crippen molar-refractivity contribution in [1.82, 2.24) is 14.9 Å². The number of aromatic amines is 1. The van der Waals surface area contributed by atoms with Crippen LogP contribution in [0.25, 0.3) is 11.4 Å². The molecule has 1 saturated heterocycles. The van der Waals surface area contributed by atoms with Gasteiger partial charge in [-0.05, 0) is 31.5 Å². The predicted molar refractivity (Wildman–Crippen MR) is 80.9 cm³/mol. The van der Waals surface area contributed by atoms with Crippen LogP contribution >= 0.6 is 15.9 Å². The molecule has 1 aromatic heterocycles. The first-order chi connectivity index (χ1) is 9.13. The first kappa shape index (κ1) is 12.9. The summed E-state index contributed by atoms with van der Waals surface area (Å²) in [5.74, 6) is 1.71. The standard InChI is InChI=1S/C15H18BrN3/c1-10-7-14(19(2)9-10)13-8-17-15(18-13)11-3-5-12(16)6-4-11/h3-6,8,10,14H,7,9H2,1-2H3,(H,17,18)/t10-,14+/m1/s1. The van der Waals surface area contributed by atoms with E-state index in [1.807, 2.05) is 18.3 Å². The Morgan fingerprint density at radius 3 is 2.68 bits per heavy atom. The average molecular weight is 320 g/mol. The van der Waals surface area contributed by atoms with Crippen molar-refractivity contribution in [3.63, 3.8) is 0 Å². The topological polar surface area (TPSA) is 31.9 Å². The highest BCUT2D eigenvalue weighted by Crippen LogP contribution is 2.33. The van der Waals surface area contributed by atoms with E-state index < -0.39 is 0 Å². The van der Waals surface area contributed by atoms with Gasteiger partial charge in [0.15, 0.2) is 0 Å². The van der Waals surface area contributed by atoms with Gasteiger partial charge in [0, 0.05) is 16.6 Å². The minimum absolute atomic E-state index is 0.478. The van der Waals surface area contributed by atoms with E-state index >= 15 is 0 Å². The van der Waals surface area contributed by atoms with Crippen molar-refractivity contribution in [2.45, 2.75) is 19.4 Å². The molecule has 1 N–H and O–H groups in total. The number of benzene rings is 1. The number of nitrogens with zero attached hydrogens (tertiary/aromatic N) is 2. The molecule has 0 saturated carbocycles. The van der Waals surface area contributed by atoms with Gasteiger partial charge in [0.25, 0.3) is 0 Å². The summed E-state index contributed by atoms with van der Waals surface area (Å²) < 4.78 is 1.09. The largest absolute Gasteiger partial charge is 0.341 e. The maximum Gasteiger partial charge on any atom is 0.137 e. The molecule has 0 radical (unpaired) electrons. The maximum atomic E-state index is 4.52.